The van der Waals surface area contributed by atoms with Gasteiger partial charge in [0, 0.05) is 38.4 Å². The summed E-state index contributed by atoms with van der Waals surface area (Å²) in [6.45, 7) is 7.76. The van der Waals surface area contributed by atoms with Crippen molar-refractivity contribution in [3.63, 3.8) is 0 Å². The lowest BCUT2D eigenvalue weighted by Crippen LogP contribution is -2.40. The van der Waals surface area contributed by atoms with E-state index < -0.39 is 0 Å². The van der Waals surface area contributed by atoms with Crippen molar-refractivity contribution in [2.75, 3.05) is 32.8 Å². The third-order valence-corrected chi connectivity index (χ3v) is 5.03. The number of nitrogens with zero attached hydrogens (tertiary/aromatic N) is 1. The molecule has 0 amide bonds. The molecule has 116 valence electrons. The molecule has 3 nitrogen and oxygen atoms in total. The smallest absolute Gasteiger partial charge is 0.0469 e. The van der Waals surface area contributed by atoms with Gasteiger partial charge in [0.1, 0.15) is 0 Å². The van der Waals surface area contributed by atoms with Crippen LogP contribution in [-0.2, 0) is 4.74 Å². The maximum absolute atomic E-state index is 5.50. The molecular formula is C18H28N2O. The molecule has 0 spiro atoms. The van der Waals surface area contributed by atoms with Crippen LogP contribution in [0.3, 0.4) is 0 Å². The average molecular weight is 288 g/mol. The van der Waals surface area contributed by atoms with Gasteiger partial charge in [-0.1, -0.05) is 30.3 Å². The SMILES string of the molecule is CC1CCNC(c2ccccc2)CN1CC1CCOCC1. The zero-order valence-electron chi connectivity index (χ0n) is 13.1. The average Bonchev–Trinajstić information content (AvgIpc) is 2.72. The molecular weight excluding hydrogens is 260 g/mol. The minimum Gasteiger partial charge on any atom is -0.381 e. The number of hydrogen-bond donors (Lipinski definition) is 1. The van der Waals surface area contributed by atoms with Crippen LogP contribution in [0.25, 0.3) is 0 Å². The first-order valence-corrected chi connectivity index (χ1v) is 8.43. The van der Waals surface area contributed by atoms with E-state index in [-0.39, 0.29) is 0 Å². The van der Waals surface area contributed by atoms with Crippen molar-refractivity contribution in [2.45, 2.75) is 38.3 Å². The summed E-state index contributed by atoms with van der Waals surface area (Å²) in [7, 11) is 0. The van der Waals surface area contributed by atoms with Crippen molar-refractivity contribution < 1.29 is 4.74 Å². The lowest BCUT2D eigenvalue weighted by molar-refractivity contribution is 0.0462. The summed E-state index contributed by atoms with van der Waals surface area (Å²) in [6, 6.07) is 12.0. The van der Waals surface area contributed by atoms with E-state index in [1.807, 2.05) is 0 Å². The van der Waals surface area contributed by atoms with Crippen molar-refractivity contribution >= 4 is 0 Å². The van der Waals surface area contributed by atoms with E-state index in [9.17, 15) is 0 Å². The third kappa shape index (κ3) is 4.06. The van der Waals surface area contributed by atoms with Crippen LogP contribution in [0.5, 0.6) is 0 Å². The maximum Gasteiger partial charge on any atom is 0.0469 e. The Bertz CT molecular complexity index is 416. The van der Waals surface area contributed by atoms with Gasteiger partial charge < -0.3 is 10.1 Å². The summed E-state index contributed by atoms with van der Waals surface area (Å²) < 4.78 is 5.50. The van der Waals surface area contributed by atoms with Crippen molar-refractivity contribution in [3.05, 3.63) is 35.9 Å². The Labute approximate surface area is 128 Å². The number of benzene rings is 1. The summed E-state index contributed by atoms with van der Waals surface area (Å²) in [4.78, 5) is 2.70. The van der Waals surface area contributed by atoms with Crippen LogP contribution in [0, 0.1) is 5.92 Å². The van der Waals surface area contributed by atoms with Crippen LogP contribution in [0.1, 0.15) is 37.8 Å². The fourth-order valence-electron chi connectivity index (χ4n) is 3.55. The van der Waals surface area contributed by atoms with Crippen LogP contribution < -0.4 is 5.32 Å². The lowest BCUT2D eigenvalue weighted by atomic mass is 9.98. The molecule has 2 aliphatic rings. The summed E-state index contributed by atoms with van der Waals surface area (Å²) in [5.41, 5.74) is 1.42. The zero-order chi connectivity index (χ0) is 14.5. The monoisotopic (exact) mass is 288 g/mol. The predicted octanol–water partition coefficient (Wildman–Crippen LogP) is 2.84. The van der Waals surface area contributed by atoms with E-state index in [1.54, 1.807) is 0 Å². The first-order valence-electron chi connectivity index (χ1n) is 8.43. The van der Waals surface area contributed by atoms with Gasteiger partial charge in [-0.3, -0.25) is 4.90 Å². The van der Waals surface area contributed by atoms with E-state index in [0.29, 0.717) is 12.1 Å². The summed E-state index contributed by atoms with van der Waals surface area (Å²) >= 11 is 0. The van der Waals surface area contributed by atoms with Gasteiger partial charge in [0.05, 0.1) is 0 Å². The maximum atomic E-state index is 5.50. The van der Waals surface area contributed by atoms with Crippen LogP contribution in [0.2, 0.25) is 0 Å². The summed E-state index contributed by atoms with van der Waals surface area (Å²) in [6.07, 6.45) is 3.70. The van der Waals surface area contributed by atoms with Crippen molar-refractivity contribution in [3.8, 4) is 0 Å². The van der Waals surface area contributed by atoms with Gasteiger partial charge >= 0.3 is 0 Å². The number of hydrogen-bond acceptors (Lipinski definition) is 3. The molecule has 2 unspecified atom stereocenters. The number of nitrogens with one attached hydrogen (secondary N) is 1. The molecule has 0 radical (unpaired) electrons. The molecule has 3 rings (SSSR count). The molecule has 2 heterocycles. The summed E-state index contributed by atoms with van der Waals surface area (Å²) in [5, 5.41) is 3.73. The van der Waals surface area contributed by atoms with Crippen molar-refractivity contribution in [2.24, 2.45) is 5.92 Å². The molecule has 2 aliphatic heterocycles. The molecule has 1 aromatic rings. The predicted molar refractivity (Wildman–Crippen MR) is 86.4 cm³/mol. The Morgan fingerprint density at radius 3 is 2.67 bits per heavy atom. The van der Waals surface area contributed by atoms with Gasteiger partial charge in [0.2, 0.25) is 0 Å². The van der Waals surface area contributed by atoms with Crippen molar-refractivity contribution in [1.82, 2.24) is 10.2 Å². The van der Waals surface area contributed by atoms with Crippen molar-refractivity contribution in [1.29, 1.82) is 0 Å². The summed E-state index contributed by atoms with van der Waals surface area (Å²) in [5.74, 6) is 0.815. The van der Waals surface area contributed by atoms with Gasteiger partial charge in [0.25, 0.3) is 0 Å². The van der Waals surface area contributed by atoms with E-state index in [4.69, 9.17) is 4.74 Å². The molecule has 2 saturated heterocycles. The van der Waals surface area contributed by atoms with E-state index in [1.165, 1.54) is 31.4 Å². The molecule has 0 bridgehead atoms. The Morgan fingerprint density at radius 2 is 1.90 bits per heavy atom. The van der Waals surface area contributed by atoms with Crippen LogP contribution >= 0.6 is 0 Å². The van der Waals surface area contributed by atoms with E-state index in [2.05, 4.69) is 47.5 Å². The molecule has 0 aliphatic carbocycles. The fraction of sp³-hybridized carbons (Fsp3) is 0.667. The number of ether oxygens (including phenoxy) is 1. The molecule has 0 saturated carbocycles. The molecule has 2 fully saturated rings. The standard InChI is InChI=1S/C18H28N2O/c1-15-7-10-19-18(17-5-3-2-4-6-17)14-20(15)13-16-8-11-21-12-9-16/h2-6,15-16,18-19H,7-14H2,1H3. The molecule has 2 atom stereocenters. The Morgan fingerprint density at radius 1 is 1.14 bits per heavy atom. The highest BCUT2D eigenvalue weighted by Gasteiger charge is 2.26. The minimum atomic E-state index is 0.469. The zero-order valence-corrected chi connectivity index (χ0v) is 13.1. The Balaban J connectivity index is 1.65. The second-order valence-corrected chi connectivity index (χ2v) is 6.56. The first-order chi connectivity index (χ1) is 10.3. The quantitative estimate of drug-likeness (QED) is 0.925. The van der Waals surface area contributed by atoms with Crippen LogP contribution in [0.4, 0.5) is 0 Å². The molecule has 21 heavy (non-hydrogen) atoms. The van der Waals surface area contributed by atoms with E-state index >= 15 is 0 Å². The molecule has 1 aromatic carbocycles. The Hall–Kier alpha value is -0.900. The Kier molecular flexibility index (Phi) is 5.28. The first kappa shape index (κ1) is 15.0. The second-order valence-electron chi connectivity index (χ2n) is 6.56. The van der Waals surface area contributed by atoms with Gasteiger partial charge in [-0.05, 0) is 44.2 Å². The van der Waals surface area contributed by atoms with Crippen LogP contribution in [0.15, 0.2) is 30.3 Å². The highest BCUT2D eigenvalue weighted by molar-refractivity contribution is 5.19. The molecule has 1 N–H and O–H groups in total. The second kappa shape index (κ2) is 7.39. The van der Waals surface area contributed by atoms with Gasteiger partial charge in [-0.25, -0.2) is 0 Å². The molecule has 0 aromatic heterocycles. The third-order valence-electron chi connectivity index (χ3n) is 5.03. The highest BCUT2D eigenvalue weighted by atomic mass is 16.5. The van der Waals surface area contributed by atoms with Gasteiger partial charge in [0.15, 0.2) is 0 Å². The molecule has 3 heteroatoms. The highest BCUT2D eigenvalue weighted by Crippen LogP contribution is 2.23. The van der Waals surface area contributed by atoms with Gasteiger partial charge in [-0.15, -0.1) is 0 Å². The lowest BCUT2D eigenvalue weighted by Gasteiger charge is -2.34. The van der Waals surface area contributed by atoms with Crippen LogP contribution in [-0.4, -0.2) is 43.8 Å². The number of rotatable bonds is 3. The normalized spacial score (nSPS) is 29.2. The minimum absolute atomic E-state index is 0.469. The fourth-order valence-corrected chi connectivity index (χ4v) is 3.55. The topological polar surface area (TPSA) is 24.5 Å². The van der Waals surface area contributed by atoms with Gasteiger partial charge in [-0.2, -0.15) is 0 Å². The van der Waals surface area contributed by atoms with E-state index in [0.717, 1.165) is 32.2 Å². The largest absolute Gasteiger partial charge is 0.381 e.